The number of piperidine rings is 1. The van der Waals surface area contributed by atoms with Gasteiger partial charge in [-0.3, -0.25) is 9.69 Å². The molecule has 2 rings (SSSR count). The number of likely N-dealkylation sites (tertiary alicyclic amines) is 1. The molecule has 4 heteroatoms. The van der Waals surface area contributed by atoms with Gasteiger partial charge in [-0.2, -0.15) is 0 Å². The lowest BCUT2D eigenvalue weighted by atomic mass is 9.74. The third-order valence-corrected chi connectivity index (χ3v) is 4.55. The van der Waals surface area contributed by atoms with Crippen molar-refractivity contribution >= 4 is 5.97 Å². The summed E-state index contributed by atoms with van der Waals surface area (Å²) in [5.41, 5.74) is 0.651. The van der Waals surface area contributed by atoms with E-state index in [-0.39, 0.29) is 5.97 Å². The molecule has 1 fully saturated rings. The molecule has 1 aliphatic heterocycles. The van der Waals surface area contributed by atoms with Crippen molar-refractivity contribution in [1.29, 1.82) is 0 Å². The lowest BCUT2D eigenvalue weighted by Crippen LogP contribution is -2.44. The molecule has 0 amide bonds. The summed E-state index contributed by atoms with van der Waals surface area (Å²) < 4.78 is 4.95. The van der Waals surface area contributed by atoms with Crippen molar-refractivity contribution in [3.63, 3.8) is 0 Å². The van der Waals surface area contributed by atoms with Gasteiger partial charge in [0.1, 0.15) is 5.75 Å². The molecule has 0 aromatic heterocycles. The van der Waals surface area contributed by atoms with Gasteiger partial charge in [0.25, 0.3) is 0 Å². The van der Waals surface area contributed by atoms with Gasteiger partial charge in [0.15, 0.2) is 0 Å². The van der Waals surface area contributed by atoms with Crippen LogP contribution in [0.3, 0.4) is 0 Å². The number of aromatic hydroxyl groups is 1. The molecule has 1 saturated heterocycles. The van der Waals surface area contributed by atoms with E-state index in [0.717, 1.165) is 38.0 Å². The van der Waals surface area contributed by atoms with Crippen molar-refractivity contribution in [2.75, 3.05) is 20.2 Å². The molecule has 1 aromatic carbocycles. The third-order valence-electron chi connectivity index (χ3n) is 4.55. The van der Waals surface area contributed by atoms with Crippen molar-refractivity contribution in [3.8, 4) is 5.75 Å². The van der Waals surface area contributed by atoms with Crippen molar-refractivity contribution in [3.05, 3.63) is 29.8 Å². The molecule has 0 saturated carbocycles. The first-order valence-electron chi connectivity index (χ1n) is 7.52. The fourth-order valence-electron chi connectivity index (χ4n) is 3.13. The highest BCUT2D eigenvalue weighted by Gasteiger charge is 2.39. The van der Waals surface area contributed by atoms with Crippen LogP contribution in [0.5, 0.6) is 5.75 Å². The molecule has 4 nitrogen and oxygen atoms in total. The molecule has 0 bridgehead atoms. The number of hydrogen-bond donors (Lipinski definition) is 1. The number of benzene rings is 1. The monoisotopic (exact) mass is 291 g/mol. The topological polar surface area (TPSA) is 49.8 Å². The summed E-state index contributed by atoms with van der Waals surface area (Å²) >= 11 is 0. The molecular weight excluding hydrogens is 266 g/mol. The first kappa shape index (κ1) is 15.8. The maximum atomic E-state index is 12.0. The molecule has 1 heterocycles. The second kappa shape index (κ2) is 6.48. The normalized spacial score (nSPS) is 20.2. The largest absolute Gasteiger partial charge is 0.508 e. The van der Waals surface area contributed by atoms with E-state index in [2.05, 4.69) is 4.90 Å². The van der Waals surface area contributed by atoms with Crippen molar-refractivity contribution < 1.29 is 14.6 Å². The second-order valence-electron chi connectivity index (χ2n) is 6.46. The van der Waals surface area contributed by atoms with Crippen LogP contribution in [-0.2, 0) is 16.1 Å². The van der Waals surface area contributed by atoms with Gasteiger partial charge in [-0.1, -0.05) is 12.1 Å². The average molecular weight is 291 g/mol. The molecule has 0 radical (unpaired) electrons. The Morgan fingerprint density at radius 2 is 2.24 bits per heavy atom. The highest BCUT2D eigenvalue weighted by atomic mass is 16.5. The number of methoxy groups -OCH3 is 1. The van der Waals surface area contributed by atoms with Crippen molar-refractivity contribution in [1.82, 2.24) is 4.90 Å². The molecule has 1 aromatic rings. The summed E-state index contributed by atoms with van der Waals surface area (Å²) in [6.45, 7) is 6.67. The number of phenols is 1. The van der Waals surface area contributed by atoms with Crippen molar-refractivity contribution in [2.45, 2.75) is 33.2 Å². The van der Waals surface area contributed by atoms with E-state index >= 15 is 0 Å². The first-order valence-corrected chi connectivity index (χ1v) is 7.52. The van der Waals surface area contributed by atoms with E-state index in [4.69, 9.17) is 4.74 Å². The van der Waals surface area contributed by atoms with Crippen LogP contribution >= 0.6 is 0 Å². The average Bonchev–Trinajstić information content (AvgIpc) is 2.46. The van der Waals surface area contributed by atoms with E-state index in [9.17, 15) is 9.90 Å². The third kappa shape index (κ3) is 3.76. The fourth-order valence-corrected chi connectivity index (χ4v) is 3.13. The molecule has 0 spiro atoms. The molecule has 0 aliphatic carbocycles. The molecule has 1 aliphatic rings. The number of ether oxygens (including phenoxy) is 1. The summed E-state index contributed by atoms with van der Waals surface area (Å²) in [6, 6.07) is 7.37. The van der Waals surface area contributed by atoms with Gasteiger partial charge in [0, 0.05) is 13.1 Å². The summed E-state index contributed by atoms with van der Waals surface area (Å²) in [5, 5.41) is 9.55. The van der Waals surface area contributed by atoms with Crippen LogP contribution in [0, 0.1) is 11.3 Å². The zero-order chi connectivity index (χ0) is 15.5. The number of nitrogens with zero attached hydrogens (tertiary/aromatic N) is 1. The number of esters is 1. The van der Waals surface area contributed by atoms with E-state index in [1.54, 1.807) is 12.1 Å². The zero-order valence-electron chi connectivity index (χ0n) is 13.1. The van der Waals surface area contributed by atoms with Gasteiger partial charge in [0.2, 0.25) is 0 Å². The van der Waals surface area contributed by atoms with Gasteiger partial charge in [-0.25, -0.2) is 0 Å². The van der Waals surface area contributed by atoms with Gasteiger partial charge < -0.3 is 9.84 Å². The van der Waals surface area contributed by atoms with Crippen LogP contribution in [0.4, 0.5) is 0 Å². The van der Waals surface area contributed by atoms with Gasteiger partial charge in [-0.05, 0) is 56.8 Å². The molecule has 116 valence electrons. The number of phenolic OH excluding ortho intramolecular Hbond substituents is 1. The maximum Gasteiger partial charge on any atom is 0.311 e. The quantitative estimate of drug-likeness (QED) is 0.867. The lowest BCUT2D eigenvalue weighted by molar-refractivity contribution is -0.155. The lowest BCUT2D eigenvalue weighted by Gasteiger charge is -2.39. The Bertz CT molecular complexity index is 499. The highest BCUT2D eigenvalue weighted by Crippen LogP contribution is 2.35. The number of carbonyl (C=O) groups excluding carboxylic acids is 1. The van der Waals surface area contributed by atoms with E-state index in [1.165, 1.54) is 7.11 Å². The molecular formula is C17H25NO3. The second-order valence-corrected chi connectivity index (χ2v) is 6.46. The van der Waals surface area contributed by atoms with Crippen LogP contribution in [-0.4, -0.2) is 36.2 Å². The predicted molar refractivity (Wildman–Crippen MR) is 81.9 cm³/mol. The summed E-state index contributed by atoms with van der Waals surface area (Å²) in [6.07, 6.45) is 2.14. The SMILES string of the molecule is COC(=O)C(C)(C)[C@@H]1CCCN(Cc2cccc(O)c2)C1. The van der Waals surface area contributed by atoms with Crippen LogP contribution < -0.4 is 0 Å². The fraction of sp³-hybridized carbons (Fsp3) is 0.588. The molecule has 1 atom stereocenters. The van der Waals surface area contributed by atoms with E-state index in [1.807, 2.05) is 26.0 Å². The Morgan fingerprint density at radius 1 is 1.48 bits per heavy atom. The van der Waals surface area contributed by atoms with Crippen LogP contribution in [0.15, 0.2) is 24.3 Å². The molecule has 21 heavy (non-hydrogen) atoms. The minimum absolute atomic E-state index is 0.133. The van der Waals surface area contributed by atoms with Gasteiger partial charge in [0.05, 0.1) is 12.5 Å². The summed E-state index contributed by atoms with van der Waals surface area (Å²) in [4.78, 5) is 14.3. The maximum absolute atomic E-state index is 12.0. The van der Waals surface area contributed by atoms with E-state index < -0.39 is 5.41 Å². The minimum Gasteiger partial charge on any atom is -0.508 e. The van der Waals surface area contributed by atoms with Gasteiger partial charge >= 0.3 is 5.97 Å². The summed E-state index contributed by atoms with van der Waals surface area (Å²) in [7, 11) is 1.46. The Morgan fingerprint density at radius 3 is 2.90 bits per heavy atom. The standard InChI is InChI=1S/C17H25NO3/c1-17(2,16(20)21-3)14-7-5-9-18(12-14)11-13-6-4-8-15(19)10-13/h4,6,8,10,14,19H,5,7,9,11-12H2,1-3H3/t14-/m1/s1. The number of rotatable bonds is 4. The van der Waals surface area contributed by atoms with Crippen LogP contribution in [0.1, 0.15) is 32.3 Å². The minimum atomic E-state index is -0.452. The van der Waals surface area contributed by atoms with Crippen LogP contribution in [0.25, 0.3) is 0 Å². The summed E-state index contributed by atoms with van der Waals surface area (Å²) in [5.74, 6) is 0.471. The molecule has 1 N–H and O–H groups in total. The Hall–Kier alpha value is -1.55. The Balaban J connectivity index is 2.02. The first-order chi connectivity index (χ1) is 9.93. The highest BCUT2D eigenvalue weighted by molar-refractivity contribution is 5.76. The number of carbonyl (C=O) groups is 1. The van der Waals surface area contributed by atoms with E-state index in [0.29, 0.717) is 11.7 Å². The Kier molecular flexibility index (Phi) is 4.88. The van der Waals surface area contributed by atoms with Crippen LogP contribution in [0.2, 0.25) is 0 Å². The zero-order valence-corrected chi connectivity index (χ0v) is 13.1. The number of hydrogen-bond acceptors (Lipinski definition) is 4. The van der Waals surface area contributed by atoms with Gasteiger partial charge in [-0.15, -0.1) is 0 Å². The molecule has 0 unspecified atom stereocenters. The Labute approximate surface area is 126 Å². The van der Waals surface area contributed by atoms with Crippen molar-refractivity contribution in [2.24, 2.45) is 11.3 Å². The smallest absolute Gasteiger partial charge is 0.311 e. The predicted octanol–water partition coefficient (Wildman–Crippen LogP) is 2.80.